The summed E-state index contributed by atoms with van der Waals surface area (Å²) < 4.78 is 30.5. The first-order chi connectivity index (χ1) is 8.11. The number of nitrogens with zero attached hydrogens (tertiary/aromatic N) is 2. The second kappa shape index (κ2) is 4.56. The fraction of sp³-hybridized carbons (Fsp3) is 0.200. The van der Waals surface area contributed by atoms with Gasteiger partial charge in [0.15, 0.2) is 17.5 Å². The fourth-order valence-corrected chi connectivity index (χ4v) is 1.21. The van der Waals surface area contributed by atoms with Gasteiger partial charge in [0, 0.05) is 5.56 Å². The first-order valence-electron chi connectivity index (χ1n) is 4.77. The number of nitrogens with two attached hydrogens (primary N) is 1. The second-order valence-corrected chi connectivity index (χ2v) is 3.38. The summed E-state index contributed by atoms with van der Waals surface area (Å²) in [6.45, 7) is -0.337. The number of hydrogen-bond donors (Lipinski definition) is 2. The van der Waals surface area contributed by atoms with Gasteiger partial charge in [0.25, 0.3) is 5.89 Å². The number of aliphatic hydroxyl groups is 1. The van der Waals surface area contributed by atoms with Crippen molar-refractivity contribution < 1.29 is 18.4 Å². The normalized spacial score (nSPS) is 12.7. The Bertz CT molecular complexity index is 530. The Morgan fingerprint density at radius 2 is 2.12 bits per heavy atom. The molecule has 0 amide bonds. The van der Waals surface area contributed by atoms with Gasteiger partial charge in [0.05, 0.1) is 12.6 Å². The van der Waals surface area contributed by atoms with E-state index in [2.05, 4.69) is 10.1 Å². The van der Waals surface area contributed by atoms with Crippen molar-refractivity contribution in [2.75, 3.05) is 6.61 Å². The zero-order valence-corrected chi connectivity index (χ0v) is 8.60. The van der Waals surface area contributed by atoms with Crippen molar-refractivity contribution in [3.05, 3.63) is 35.7 Å². The molecule has 1 aromatic carbocycles. The van der Waals surface area contributed by atoms with Gasteiger partial charge in [-0.3, -0.25) is 0 Å². The minimum absolute atomic E-state index is 0.0165. The van der Waals surface area contributed by atoms with E-state index in [1.807, 2.05) is 0 Å². The topological polar surface area (TPSA) is 85.2 Å². The van der Waals surface area contributed by atoms with E-state index in [0.717, 1.165) is 12.1 Å². The van der Waals surface area contributed by atoms with Crippen LogP contribution in [0.1, 0.15) is 11.9 Å². The third-order valence-corrected chi connectivity index (χ3v) is 2.14. The Kier molecular flexibility index (Phi) is 3.12. The maximum absolute atomic E-state index is 13.0. The van der Waals surface area contributed by atoms with Gasteiger partial charge < -0.3 is 15.4 Å². The molecular formula is C10H9F2N3O2. The molecule has 0 aliphatic heterocycles. The van der Waals surface area contributed by atoms with Crippen LogP contribution in [0.2, 0.25) is 0 Å². The van der Waals surface area contributed by atoms with Crippen molar-refractivity contribution in [1.82, 2.24) is 10.1 Å². The van der Waals surface area contributed by atoms with Gasteiger partial charge in [-0.15, -0.1) is 0 Å². The molecule has 5 nitrogen and oxygen atoms in total. The van der Waals surface area contributed by atoms with Gasteiger partial charge in [-0.05, 0) is 18.2 Å². The van der Waals surface area contributed by atoms with Crippen LogP contribution in [-0.2, 0) is 0 Å². The van der Waals surface area contributed by atoms with Crippen LogP contribution in [0.15, 0.2) is 22.7 Å². The number of aliphatic hydroxyl groups excluding tert-OH is 1. The van der Waals surface area contributed by atoms with Crippen LogP contribution in [0.3, 0.4) is 0 Å². The molecule has 0 saturated carbocycles. The van der Waals surface area contributed by atoms with E-state index in [4.69, 9.17) is 15.4 Å². The molecule has 1 atom stereocenters. The van der Waals surface area contributed by atoms with Gasteiger partial charge in [-0.2, -0.15) is 4.98 Å². The van der Waals surface area contributed by atoms with E-state index in [0.29, 0.717) is 0 Å². The molecule has 1 aromatic heterocycles. The van der Waals surface area contributed by atoms with Crippen LogP contribution < -0.4 is 5.73 Å². The van der Waals surface area contributed by atoms with Crippen molar-refractivity contribution in [2.24, 2.45) is 5.73 Å². The molecule has 1 heterocycles. The number of rotatable bonds is 3. The maximum atomic E-state index is 13.0. The molecule has 17 heavy (non-hydrogen) atoms. The molecule has 0 spiro atoms. The second-order valence-electron chi connectivity index (χ2n) is 3.38. The first kappa shape index (κ1) is 11.6. The fourth-order valence-electron chi connectivity index (χ4n) is 1.21. The highest BCUT2D eigenvalue weighted by atomic mass is 19.2. The summed E-state index contributed by atoms with van der Waals surface area (Å²) in [6, 6.07) is 2.44. The number of halogens is 2. The van der Waals surface area contributed by atoms with Gasteiger partial charge >= 0.3 is 0 Å². The molecule has 2 rings (SSSR count). The maximum Gasteiger partial charge on any atom is 0.258 e. The average molecular weight is 241 g/mol. The molecule has 0 aliphatic rings. The monoisotopic (exact) mass is 241 g/mol. The highest BCUT2D eigenvalue weighted by Gasteiger charge is 2.15. The molecule has 0 radical (unpaired) electrons. The number of hydrogen-bond acceptors (Lipinski definition) is 5. The first-order valence-corrected chi connectivity index (χ1v) is 4.77. The highest BCUT2D eigenvalue weighted by molar-refractivity contribution is 5.52. The predicted molar refractivity (Wildman–Crippen MR) is 53.7 cm³/mol. The van der Waals surface area contributed by atoms with Gasteiger partial charge in [-0.1, -0.05) is 5.16 Å². The quantitative estimate of drug-likeness (QED) is 0.837. The number of aromatic nitrogens is 2. The molecule has 3 N–H and O–H groups in total. The standard InChI is InChI=1S/C10H9F2N3O2/c11-6-2-1-5(3-7(6)12)10-14-9(15-17-10)8(13)4-16/h1-3,8,16H,4,13H2. The molecule has 1 unspecified atom stereocenters. The molecule has 90 valence electrons. The summed E-state index contributed by atoms with van der Waals surface area (Å²) in [5.41, 5.74) is 5.71. The molecule has 0 aliphatic carbocycles. The van der Waals surface area contributed by atoms with Crippen LogP contribution in [-0.4, -0.2) is 21.9 Å². The Morgan fingerprint density at radius 1 is 1.35 bits per heavy atom. The molecular weight excluding hydrogens is 232 g/mol. The van der Waals surface area contributed by atoms with Crippen LogP contribution in [0.4, 0.5) is 8.78 Å². The Labute approximate surface area is 94.9 Å². The lowest BCUT2D eigenvalue weighted by Crippen LogP contribution is -2.15. The lowest BCUT2D eigenvalue weighted by molar-refractivity contribution is 0.260. The van der Waals surface area contributed by atoms with E-state index >= 15 is 0 Å². The largest absolute Gasteiger partial charge is 0.394 e. The summed E-state index contributed by atoms with van der Waals surface area (Å²) in [7, 11) is 0. The summed E-state index contributed by atoms with van der Waals surface area (Å²) in [6.07, 6.45) is 0. The van der Waals surface area contributed by atoms with Crippen LogP contribution in [0.5, 0.6) is 0 Å². The van der Waals surface area contributed by atoms with Crippen molar-refractivity contribution in [3.8, 4) is 11.5 Å². The van der Waals surface area contributed by atoms with E-state index in [1.54, 1.807) is 0 Å². The zero-order valence-electron chi connectivity index (χ0n) is 8.60. The highest BCUT2D eigenvalue weighted by Crippen LogP contribution is 2.20. The zero-order chi connectivity index (χ0) is 12.4. The molecule has 0 fully saturated rings. The molecule has 0 bridgehead atoms. The summed E-state index contributed by atoms with van der Waals surface area (Å²) in [4.78, 5) is 3.87. The van der Waals surface area contributed by atoms with E-state index in [9.17, 15) is 8.78 Å². The van der Waals surface area contributed by atoms with Crippen LogP contribution >= 0.6 is 0 Å². The van der Waals surface area contributed by atoms with Crippen molar-refractivity contribution in [1.29, 1.82) is 0 Å². The molecule has 0 saturated heterocycles. The molecule has 2 aromatic rings. The van der Waals surface area contributed by atoms with E-state index in [-0.39, 0.29) is 23.9 Å². The van der Waals surface area contributed by atoms with E-state index in [1.165, 1.54) is 6.07 Å². The van der Waals surface area contributed by atoms with Crippen LogP contribution in [0.25, 0.3) is 11.5 Å². The third-order valence-electron chi connectivity index (χ3n) is 2.14. The van der Waals surface area contributed by atoms with Crippen molar-refractivity contribution in [3.63, 3.8) is 0 Å². The van der Waals surface area contributed by atoms with Gasteiger partial charge in [-0.25, -0.2) is 8.78 Å². The summed E-state index contributed by atoms with van der Waals surface area (Å²) in [5.74, 6) is -1.84. The summed E-state index contributed by atoms with van der Waals surface area (Å²) in [5, 5.41) is 12.3. The van der Waals surface area contributed by atoms with Crippen LogP contribution in [0, 0.1) is 11.6 Å². The average Bonchev–Trinajstić information content (AvgIpc) is 2.81. The summed E-state index contributed by atoms with van der Waals surface area (Å²) >= 11 is 0. The smallest absolute Gasteiger partial charge is 0.258 e. The van der Waals surface area contributed by atoms with Crippen molar-refractivity contribution in [2.45, 2.75) is 6.04 Å². The lowest BCUT2D eigenvalue weighted by Gasteiger charge is -1.99. The van der Waals surface area contributed by atoms with E-state index < -0.39 is 17.7 Å². The Morgan fingerprint density at radius 3 is 2.76 bits per heavy atom. The lowest BCUT2D eigenvalue weighted by atomic mass is 10.2. The third kappa shape index (κ3) is 2.29. The van der Waals surface area contributed by atoms with Crippen molar-refractivity contribution >= 4 is 0 Å². The Hall–Kier alpha value is -1.86. The van der Waals surface area contributed by atoms with Gasteiger partial charge in [0.1, 0.15) is 0 Å². The SMILES string of the molecule is NC(CO)c1noc(-c2ccc(F)c(F)c2)n1. The minimum atomic E-state index is -1.01. The Balaban J connectivity index is 2.33. The predicted octanol–water partition coefficient (Wildman–Crippen LogP) is 1.01. The molecule has 7 heteroatoms. The van der Waals surface area contributed by atoms with Gasteiger partial charge in [0.2, 0.25) is 0 Å². The minimum Gasteiger partial charge on any atom is -0.394 e. The number of benzene rings is 1.